The molecule has 2 aliphatic heterocycles. The average molecular weight is 423 g/mol. The van der Waals surface area contributed by atoms with E-state index >= 15 is 0 Å². The fourth-order valence-corrected chi connectivity index (χ4v) is 3.73. The topological polar surface area (TPSA) is 97.0 Å². The second-order valence-corrected chi connectivity index (χ2v) is 7.61. The monoisotopic (exact) mass is 423 g/mol. The van der Waals surface area contributed by atoms with Gasteiger partial charge in [0.2, 0.25) is 11.8 Å². The van der Waals surface area contributed by atoms with Crippen LogP contribution in [0.1, 0.15) is 29.3 Å². The van der Waals surface area contributed by atoms with Crippen LogP contribution in [0.3, 0.4) is 0 Å². The van der Waals surface area contributed by atoms with Gasteiger partial charge < -0.3 is 25.0 Å². The Kier molecular flexibility index (Phi) is 5.79. The highest BCUT2D eigenvalue weighted by atomic mass is 16.6. The van der Waals surface area contributed by atoms with Gasteiger partial charge in [0.15, 0.2) is 11.5 Å². The van der Waals surface area contributed by atoms with Crippen LogP contribution < -0.4 is 25.0 Å². The zero-order valence-electron chi connectivity index (χ0n) is 17.6. The highest BCUT2D eigenvalue weighted by Crippen LogP contribution is 2.36. The predicted molar refractivity (Wildman–Crippen MR) is 116 cm³/mol. The van der Waals surface area contributed by atoms with E-state index in [-0.39, 0.29) is 30.7 Å². The molecule has 2 aromatic carbocycles. The molecule has 162 valence electrons. The summed E-state index contributed by atoms with van der Waals surface area (Å²) in [6.07, 6.45) is 0.120. The van der Waals surface area contributed by atoms with E-state index in [0.29, 0.717) is 48.2 Å². The van der Waals surface area contributed by atoms with Crippen molar-refractivity contribution in [1.82, 2.24) is 5.32 Å². The van der Waals surface area contributed by atoms with Crippen LogP contribution in [0.2, 0.25) is 0 Å². The maximum atomic E-state index is 12.9. The molecular formula is C23H25N3O5. The van der Waals surface area contributed by atoms with Gasteiger partial charge in [-0.3, -0.25) is 14.4 Å². The predicted octanol–water partition coefficient (Wildman–Crippen LogP) is 2.51. The Labute approximate surface area is 180 Å². The largest absolute Gasteiger partial charge is 0.486 e. The third kappa shape index (κ3) is 4.33. The molecule has 0 aromatic heterocycles. The van der Waals surface area contributed by atoms with E-state index in [4.69, 9.17) is 9.47 Å². The van der Waals surface area contributed by atoms with Crippen molar-refractivity contribution in [1.29, 1.82) is 0 Å². The van der Waals surface area contributed by atoms with Gasteiger partial charge in [0.25, 0.3) is 5.91 Å². The first-order valence-corrected chi connectivity index (χ1v) is 10.4. The summed E-state index contributed by atoms with van der Waals surface area (Å²) in [5, 5.41) is 5.64. The molecule has 2 N–H and O–H groups in total. The number of anilines is 2. The van der Waals surface area contributed by atoms with Gasteiger partial charge in [-0.25, -0.2) is 0 Å². The molecule has 2 aliphatic rings. The summed E-state index contributed by atoms with van der Waals surface area (Å²) in [6.45, 7) is 5.47. The molecule has 0 radical (unpaired) electrons. The second-order valence-electron chi connectivity index (χ2n) is 7.61. The minimum absolute atomic E-state index is 0.120. The molecule has 1 unspecified atom stereocenters. The van der Waals surface area contributed by atoms with E-state index in [1.165, 1.54) is 0 Å². The van der Waals surface area contributed by atoms with Gasteiger partial charge >= 0.3 is 0 Å². The number of hydrogen-bond donors (Lipinski definition) is 2. The summed E-state index contributed by atoms with van der Waals surface area (Å²) in [6, 6.07) is 10.5. The number of hydrogen-bond acceptors (Lipinski definition) is 5. The third-order valence-corrected chi connectivity index (χ3v) is 5.43. The number of fused-ring (bicyclic) bond motifs is 1. The summed E-state index contributed by atoms with van der Waals surface area (Å²) in [5.74, 6) is 0.196. The first-order chi connectivity index (χ1) is 15.0. The average Bonchev–Trinajstić information content (AvgIpc) is 3.17. The number of nitrogens with one attached hydrogen (secondary N) is 2. The van der Waals surface area contributed by atoms with Gasteiger partial charge in [0.1, 0.15) is 13.2 Å². The zero-order valence-corrected chi connectivity index (χ0v) is 17.6. The maximum Gasteiger partial charge on any atom is 0.251 e. The minimum atomic E-state index is -0.492. The number of aryl methyl sites for hydroxylation is 1. The van der Waals surface area contributed by atoms with E-state index in [9.17, 15) is 14.4 Å². The Morgan fingerprint density at radius 1 is 1.10 bits per heavy atom. The van der Waals surface area contributed by atoms with E-state index in [2.05, 4.69) is 10.6 Å². The summed E-state index contributed by atoms with van der Waals surface area (Å²) < 4.78 is 11.1. The highest BCUT2D eigenvalue weighted by molar-refractivity contribution is 6.04. The number of ether oxygens (including phenoxy) is 2. The Balaban J connectivity index is 1.46. The van der Waals surface area contributed by atoms with Crippen molar-refractivity contribution < 1.29 is 23.9 Å². The van der Waals surface area contributed by atoms with Gasteiger partial charge in [-0.2, -0.15) is 0 Å². The Bertz CT molecular complexity index is 1040. The molecule has 8 heteroatoms. The molecule has 0 bridgehead atoms. The van der Waals surface area contributed by atoms with Crippen LogP contribution in [0.5, 0.6) is 11.5 Å². The van der Waals surface area contributed by atoms with Crippen LogP contribution in [0.15, 0.2) is 36.4 Å². The standard InChI is InChI=1S/C23H25N3O5/c1-3-24-22(28)15-5-4-14(2)18(10-15)25-23(29)16-11-21(27)26(13-16)17-6-7-19-20(12-17)31-9-8-30-19/h4-7,10,12,16H,3,8-9,11,13H2,1-2H3,(H,24,28)(H,25,29). The SMILES string of the molecule is CCNC(=O)c1ccc(C)c(NC(=O)C2CC(=O)N(c3ccc4c(c3)OCCO4)C2)c1. The van der Waals surface area contributed by atoms with Crippen molar-refractivity contribution in [2.24, 2.45) is 5.92 Å². The lowest BCUT2D eigenvalue weighted by Crippen LogP contribution is -2.28. The molecule has 8 nitrogen and oxygen atoms in total. The van der Waals surface area contributed by atoms with Crippen LogP contribution in [0.25, 0.3) is 0 Å². The minimum Gasteiger partial charge on any atom is -0.486 e. The molecule has 0 saturated carbocycles. The van der Waals surface area contributed by atoms with Crippen LogP contribution >= 0.6 is 0 Å². The molecule has 1 saturated heterocycles. The lowest BCUT2D eigenvalue weighted by Gasteiger charge is -2.22. The quantitative estimate of drug-likeness (QED) is 0.770. The molecule has 3 amide bonds. The smallest absolute Gasteiger partial charge is 0.251 e. The summed E-state index contributed by atoms with van der Waals surface area (Å²) in [7, 11) is 0. The summed E-state index contributed by atoms with van der Waals surface area (Å²) in [5.41, 5.74) is 2.57. The Morgan fingerprint density at radius 2 is 1.87 bits per heavy atom. The summed E-state index contributed by atoms with van der Waals surface area (Å²) >= 11 is 0. The molecule has 1 fully saturated rings. The number of nitrogens with zero attached hydrogens (tertiary/aromatic N) is 1. The number of amides is 3. The third-order valence-electron chi connectivity index (χ3n) is 5.43. The van der Waals surface area contributed by atoms with E-state index in [0.717, 1.165) is 5.56 Å². The molecule has 2 heterocycles. The van der Waals surface area contributed by atoms with E-state index < -0.39 is 5.92 Å². The van der Waals surface area contributed by atoms with Crippen molar-refractivity contribution in [2.75, 3.05) is 36.5 Å². The fourth-order valence-electron chi connectivity index (χ4n) is 3.73. The second kappa shape index (κ2) is 8.67. The maximum absolute atomic E-state index is 12.9. The molecule has 31 heavy (non-hydrogen) atoms. The van der Waals surface area contributed by atoms with Gasteiger partial charge in [0.05, 0.1) is 5.92 Å². The molecular weight excluding hydrogens is 398 g/mol. The Morgan fingerprint density at radius 3 is 2.65 bits per heavy atom. The lowest BCUT2D eigenvalue weighted by atomic mass is 10.1. The van der Waals surface area contributed by atoms with E-state index in [1.807, 2.05) is 13.8 Å². The number of carbonyl (C=O) groups excluding carboxylic acids is 3. The molecule has 4 rings (SSSR count). The number of benzene rings is 2. The van der Waals surface area contributed by atoms with Crippen LogP contribution in [-0.2, 0) is 9.59 Å². The van der Waals surface area contributed by atoms with Crippen molar-refractivity contribution in [3.8, 4) is 11.5 Å². The van der Waals surface area contributed by atoms with Crippen LogP contribution in [-0.4, -0.2) is 44.0 Å². The van der Waals surface area contributed by atoms with Crippen molar-refractivity contribution in [2.45, 2.75) is 20.3 Å². The van der Waals surface area contributed by atoms with E-state index in [1.54, 1.807) is 41.3 Å². The molecule has 0 spiro atoms. The van der Waals surface area contributed by atoms with Crippen LogP contribution in [0.4, 0.5) is 11.4 Å². The van der Waals surface area contributed by atoms with Gasteiger partial charge in [-0.15, -0.1) is 0 Å². The van der Waals surface area contributed by atoms with Gasteiger partial charge in [-0.1, -0.05) is 6.07 Å². The van der Waals surface area contributed by atoms with Crippen molar-refractivity contribution >= 4 is 29.1 Å². The molecule has 2 aromatic rings. The summed E-state index contributed by atoms with van der Waals surface area (Å²) in [4.78, 5) is 39.2. The Hall–Kier alpha value is -3.55. The van der Waals surface area contributed by atoms with Gasteiger partial charge in [-0.05, 0) is 43.7 Å². The number of carbonyl (C=O) groups is 3. The molecule has 0 aliphatic carbocycles. The first kappa shape index (κ1) is 20.7. The normalized spacial score (nSPS) is 17.4. The first-order valence-electron chi connectivity index (χ1n) is 10.4. The molecule has 1 atom stereocenters. The zero-order chi connectivity index (χ0) is 22.0. The van der Waals surface area contributed by atoms with Crippen molar-refractivity contribution in [3.63, 3.8) is 0 Å². The van der Waals surface area contributed by atoms with Crippen molar-refractivity contribution in [3.05, 3.63) is 47.5 Å². The van der Waals surface area contributed by atoms with Gasteiger partial charge in [0, 0.05) is 42.5 Å². The highest BCUT2D eigenvalue weighted by Gasteiger charge is 2.35. The lowest BCUT2D eigenvalue weighted by molar-refractivity contribution is -0.122. The fraction of sp³-hybridized carbons (Fsp3) is 0.348. The van der Waals surface area contributed by atoms with Crippen LogP contribution in [0, 0.1) is 12.8 Å². The number of rotatable bonds is 5.